The maximum atomic E-state index is 2.60. The molecule has 1 nitrogen and oxygen atoms in total. The van der Waals surface area contributed by atoms with Crippen molar-refractivity contribution in [2.75, 3.05) is 13.1 Å². The first-order valence-corrected chi connectivity index (χ1v) is 6.19. The maximum absolute atomic E-state index is 2.60. The second-order valence-electron chi connectivity index (χ2n) is 4.50. The van der Waals surface area contributed by atoms with Crippen LogP contribution >= 0.6 is 0 Å². The molecule has 0 amide bonds. The molecule has 0 saturated heterocycles. The summed E-state index contributed by atoms with van der Waals surface area (Å²) < 4.78 is 0. The Bertz CT molecular complexity index is 306. The van der Waals surface area contributed by atoms with Crippen LogP contribution in [0.15, 0.2) is 24.3 Å². The molecule has 1 aromatic rings. The summed E-state index contributed by atoms with van der Waals surface area (Å²) in [5, 5.41) is 0. The first-order chi connectivity index (χ1) is 7.40. The van der Waals surface area contributed by atoms with Crippen LogP contribution in [0.25, 0.3) is 0 Å². The van der Waals surface area contributed by atoms with E-state index < -0.39 is 0 Å². The van der Waals surface area contributed by atoms with Crippen LogP contribution in [0, 0.1) is 0 Å². The highest BCUT2D eigenvalue weighted by Gasteiger charge is 2.14. The van der Waals surface area contributed by atoms with Gasteiger partial charge in [0.2, 0.25) is 0 Å². The Labute approximate surface area is 93.1 Å². The lowest BCUT2D eigenvalue weighted by Crippen LogP contribution is -2.31. The molecule has 1 heteroatoms. The summed E-state index contributed by atoms with van der Waals surface area (Å²) in [5.74, 6) is 0. The number of hydrogen-bond donors (Lipinski definition) is 0. The smallest absolute Gasteiger partial charge is 0.0236 e. The molecule has 0 spiro atoms. The van der Waals surface area contributed by atoms with Crippen LogP contribution in [-0.2, 0) is 13.0 Å². The van der Waals surface area contributed by atoms with Crippen LogP contribution in [0.4, 0.5) is 0 Å². The molecule has 0 N–H and O–H groups in total. The number of unbranched alkanes of at least 4 members (excludes halogenated alkanes) is 2. The van der Waals surface area contributed by atoms with E-state index in [1.807, 2.05) is 0 Å². The summed E-state index contributed by atoms with van der Waals surface area (Å²) >= 11 is 0. The van der Waals surface area contributed by atoms with Gasteiger partial charge >= 0.3 is 0 Å². The molecule has 0 radical (unpaired) electrons. The molecule has 0 aromatic heterocycles. The minimum Gasteiger partial charge on any atom is -0.299 e. The quantitative estimate of drug-likeness (QED) is 0.679. The van der Waals surface area contributed by atoms with E-state index in [-0.39, 0.29) is 0 Å². The Hall–Kier alpha value is -0.820. The average Bonchev–Trinajstić information content (AvgIpc) is 2.29. The van der Waals surface area contributed by atoms with Crippen molar-refractivity contribution >= 4 is 0 Å². The van der Waals surface area contributed by atoms with E-state index in [1.54, 1.807) is 11.1 Å². The average molecular weight is 203 g/mol. The van der Waals surface area contributed by atoms with Gasteiger partial charge in [0.15, 0.2) is 0 Å². The molecule has 1 heterocycles. The first-order valence-electron chi connectivity index (χ1n) is 6.19. The Kier molecular flexibility index (Phi) is 3.79. The molecule has 1 aliphatic heterocycles. The number of fused-ring (bicyclic) bond motifs is 1. The fourth-order valence-corrected chi connectivity index (χ4v) is 2.33. The van der Waals surface area contributed by atoms with Gasteiger partial charge in [0, 0.05) is 13.1 Å². The summed E-state index contributed by atoms with van der Waals surface area (Å²) in [6.07, 6.45) is 5.30. The van der Waals surface area contributed by atoms with Crippen molar-refractivity contribution in [3.05, 3.63) is 35.4 Å². The Morgan fingerprint density at radius 2 is 1.93 bits per heavy atom. The van der Waals surface area contributed by atoms with E-state index >= 15 is 0 Å². The fourth-order valence-electron chi connectivity index (χ4n) is 2.33. The summed E-state index contributed by atoms with van der Waals surface area (Å²) in [6, 6.07) is 8.87. The lowest BCUT2D eigenvalue weighted by atomic mass is 10.00. The van der Waals surface area contributed by atoms with Crippen molar-refractivity contribution in [1.29, 1.82) is 0 Å². The van der Waals surface area contributed by atoms with Gasteiger partial charge in [0.25, 0.3) is 0 Å². The number of benzene rings is 1. The zero-order valence-corrected chi connectivity index (χ0v) is 9.71. The molecule has 2 rings (SSSR count). The van der Waals surface area contributed by atoms with Crippen molar-refractivity contribution in [2.24, 2.45) is 0 Å². The van der Waals surface area contributed by atoms with E-state index in [1.165, 1.54) is 45.3 Å². The molecule has 0 fully saturated rings. The summed E-state index contributed by atoms with van der Waals surface area (Å²) in [5.41, 5.74) is 3.10. The Morgan fingerprint density at radius 1 is 1.13 bits per heavy atom. The van der Waals surface area contributed by atoms with Gasteiger partial charge in [-0.3, -0.25) is 4.90 Å². The van der Waals surface area contributed by atoms with Crippen LogP contribution in [0.3, 0.4) is 0 Å². The third kappa shape index (κ3) is 2.82. The standard InChI is InChI=1S/C14H21N/c1-2-3-6-10-15-11-9-13-7-4-5-8-14(13)12-15/h4-5,7-8H,2-3,6,9-12H2,1H3. The highest BCUT2D eigenvalue weighted by atomic mass is 15.1. The van der Waals surface area contributed by atoms with Crippen molar-refractivity contribution < 1.29 is 0 Å². The topological polar surface area (TPSA) is 3.24 Å². The van der Waals surface area contributed by atoms with Gasteiger partial charge < -0.3 is 0 Å². The number of hydrogen-bond acceptors (Lipinski definition) is 1. The van der Waals surface area contributed by atoms with Crippen LogP contribution < -0.4 is 0 Å². The highest BCUT2D eigenvalue weighted by molar-refractivity contribution is 5.28. The van der Waals surface area contributed by atoms with E-state index in [4.69, 9.17) is 0 Å². The minimum atomic E-state index is 1.17. The lowest BCUT2D eigenvalue weighted by molar-refractivity contribution is 0.249. The normalized spacial score (nSPS) is 16.3. The summed E-state index contributed by atoms with van der Waals surface area (Å²) in [4.78, 5) is 2.60. The van der Waals surface area contributed by atoms with E-state index in [9.17, 15) is 0 Å². The summed E-state index contributed by atoms with van der Waals surface area (Å²) in [6.45, 7) is 5.97. The predicted octanol–water partition coefficient (Wildman–Crippen LogP) is 3.23. The van der Waals surface area contributed by atoms with Gasteiger partial charge in [0.1, 0.15) is 0 Å². The molecule has 0 aliphatic carbocycles. The molecule has 0 bridgehead atoms. The molecule has 0 atom stereocenters. The second kappa shape index (κ2) is 5.32. The van der Waals surface area contributed by atoms with Crippen LogP contribution in [-0.4, -0.2) is 18.0 Å². The van der Waals surface area contributed by atoms with Gasteiger partial charge in [-0.05, 0) is 30.5 Å². The largest absolute Gasteiger partial charge is 0.299 e. The lowest BCUT2D eigenvalue weighted by Gasteiger charge is -2.28. The highest BCUT2D eigenvalue weighted by Crippen LogP contribution is 2.18. The minimum absolute atomic E-state index is 1.17. The van der Waals surface area contributed by atoms with Gasteiger partial charge in [0.05, 0.1) is 0 Å². The number of nitrogens with zero attached hydrogens (tertiary/aromatic N) is 1. The van der Waals surface area contributed by atoms with E-state index in [0.29, 0.717) is 0 Å². The summed E-state index contributed by atoms with van der Waals surface area (Å²) in [7, 11) is 0. The van der Waals surface area contributed by atoms with Crippen molar-refractivity contribution in [1.82, 2.24) is 4.90 Å². The molecule has 15 heavy (non-hydrogen) atoms. The van der Waals surface area contributed by atoms with Gasteiger partial charge in [-0.25, -0.2) is 0 Å². The Balaban J connectivity index is 1.88. The van der Waals surface area contributed by atoms with Crippen LogP contribution in [0.5, 0.6) is 0 Å². The molecule has 0 unspecified atom stereocenters. The molecule has 1 aliphatic rings. The van der Waals surface area contributed by atoms with Crippen molar-refractivity contribution in [2.45, 2.75) is 39.2 Å². The second-order valence-corrected chi connectivity index (χ2v) is 4.50. The number of rotatable bonds is 4. The molecular weight excluding hydrogens is 182 g/mol. The van der Waals surface area contributed by atoms with E-state index in [0.717, 1.165) is 0 Å². The molecular formula is C14H21N. The monoisotopic (exact) mass is 203 g/mol. The zero-order valence-electron chi connectivity index (χ0n) is 9.71. The van der Waals surface area contributed by atoms with Crippen molar-refractivity contribution in [3.8, 4) is 0 Å². The van der Waals surface area contributed by atoms with Gasteiger partial charge in [-0.15, -0.1) is 0 Å². The SMILES string of the molecule is CCCCCN1CCc2ccccc2C1. The van der Waals surface area contributed by atoms with Crippen molar-refractivity contribution in [3.63, 3.8) is 0 Å². The maximum Gasteiger partial charge on any atom is 0.0236 e. The zero-order chi connectivity index (χ0) is 10.5. The van der Waals surface area contributed by atoms with E-state index in [2.05, 4.69) is 36.1 Å². The van der Waals surface area contributed by atoms with Gasteiger partial charge in [-0.1, -0.05) is 44.0 Å². The third-order valence-corrected chi connectivity index (χ3v) is 3.29. The predicted molar refractivity (Wildman–Crippen MR) is 64.9 cm³/mol. The molecule has 1 aromatic carbocycles. The molecule has 0 saturated carbocycles. The third-order valence-electron chi connectivity index (χ3n) is 3.29. The molecule has 82 valence electrons. The first kappa shape index (κ1) is 10.7. The van der Waals surface area contributed by atoms with Crippen LogP contribution in [0.1, 0.15) is 37.3 Å². The van der Waals surface area contributed by atoms with Gasteiger partial charge in [-0.2, -0.15) is 0 Å². The van der Waals surface area contributed by atoms with Crippen LogP contribution in [0.2, 0.25) is 0 Å². The Morgan fingerprint density at radius 3 is 2.73 bits per heavy atom. The fraction of sp³-hybridized carbons (Fsp3) is 0.571.